The van der Waals surface area contributed by atoms with Crippen LogP contribution < -0.4 is 10.1 Å². The number of nitrogens with one attached hydrogen (secondary N) is 1. The maximum Gasteiger partial charge on any atom is 0.123 e. The highest BCUT2D eigenvalue weighted by atomic mass is 16.5. The third kappa shape index (κ3) is 3.20. The normalized spacial score (nSPS) is 12.2. The van der Waals surface area contributed by atoms with Gasteiger partial charge in [0.25, 0.3) is 0 Å². The van der Waals surface area contributed by atoms with Crippen molar-refractivity contribution in [3.05, 3.63) is 64.7 Å². The maximum atomic E-state index is 5.51. The molecule has 1 atom stereocenters. The van der Waals surface area contributed by atoms with Crippen LogP contribution in [0, 0.1) is 13.8 Å². The minimum Gasteiger partial charge on any atom is -0.496 e. The van der Waals surface area contributed by atoms with Crippen molar-refractivity contribution in [1.29, 1.82) is 0 Å². The van der Waals surface area contributed by atoms with Crippen LogP contribution in [0.4, 0.5) is 0 Å². The van der Waals surface area contributed by atoms with Gasteiger partial charge in [0.05, 0.1) is 13.2 Å². The highest BCUT2D eigenvalue weighted by molar-refractivity contribution is 5.43. The summed E-state index contributed by atoms with van der Waals surface area (Å²) in [5, 5.41) is 3.56. The Labute approximate surface area is 121 Å². The van der Waals surface area contributed by atoms with Crippen LogP contribution in [-0.4, -0.2) is 13.7 Å². The van der Waals surface area contributed by atoms with Gasteiger partial charge in [0.2, 0.25) is 0 Å². The summed E-state index contributed by atoms with van der Waals surface area (Å²) in [4.78, 5) is 0. The minimum atomic E-state index is 0.162. The first-order valence-electron chi connectivity index (χ1n) is 7.10. The van der Waals surface area contributed by atoms with Crippen molar-refractivity contribution in [2.75, 3.05) is 13.7 Å². The summed E-state index contributed by atoms with van der Waals surface area (Å²) in [7, 11) is 1.73. The lowest BCUT2D eigenvalue weighted by Crippen LogP contribution is -2.22. The smallest absolute Gasteiger partial charge is 0.123 e. The maximum absolute atomic E-state index is 5.51. The Kier molecular flexibility index (Phi) is 4.80. The minimum absolute atomic E-state index is 0.162. The molecule has 2 nitrogen and oxygen atoms in total. The van der Waals surface area contributed by atoms with Gasteiger partial charge in [-0.2, -0.15) is 0 Å². The molecule has 0 saturated carbocycles. The molecule has 0 radical (unpaired) electrons. The standard InChI is InChI=1S/C18H23NO/c1-5-19-18(15-11-13(2)10-14(3)12-15)16-8-6-7-9-17(16)20-4/h6-12,18-19H,5H2,1-4H3. The predicted octanol–water partition coefficient (Wildman–Crippen LogP) is 4.01. The van der Waals surface area contributed by atoms with Crippen molar-refractivity contribution in [1.82, 2.24) is 5.32 Å². The number of rotatable bonds is 5. The topological polar surface area (TPSA) is 21.3 Å². The molecule has 20 heavy (non-hydrogen) atoms. The number of hydrogen-bond donors (Lipinski definition) is 1. The fourth-order valence-electron chi connectivity index (χ4n) is 2.69. The third-order valence-corrected chi connectivity index (χ3v) is 3.44. The van der Waals surface area contributed by atoms with E-state index in [2.05, 4.69) is 56.4 Å². The van der Waals surface area contributed by atoms with E-state index in [0.717, 1.165) is 12.3 Å². The van der Waals surface area contributed by atoms with Gasteiger partial charge in [0, 0.05) is 5.56 Å². The zero-order valence-corrected chi connectivity index (χ0v) is 12.7. The fraction of sp³-hybridized carbons (Fsp3) is 0.333. The van der Waals surface area contributed by atoms with Crippen molar-refractivity contribution < 1.29 is 4.74 Å². The van der Waals surface area contributed by atoms with E-state index in [1.807, 2.05) is 12.1 Å². The third-order valence-electron chi connectivity index (χ3n) is 3.44. The van der Waals surface area contributed by atoms with E-state index < -0.39 is 0 Å². The summed E-state index contributed by atoms with van der Waals surface area (Å²) >= 11 is 0. The molecule has 0 amide bonds. The van der Waals surface area contributed by atoms with E-state index >= 15 is 0 Å². The van der Waals surface area contributed by atoms with Crippen molar-refractivity contribution in [2.45, 2.75) is 26.8 Å². The van der Waals surface area contributed by atoms with Crippen molar-refractivity contribution >= 4 is 0 Å². The Morgan fingerprint density at radius 1 is 1.05 bits per heavy atom. The van der Waals surface area contributed by atoms with E-state index in [1.165, 1.54) is 22.3 Å². The number of aryl methyl sites for hydroxylation is 2. The number of hydrogen-bond acceptors (Lipinski definition) is 2. The second-order valence-corrected chi connectivity index (χ2v) is 5.15. The zero-order chi connectivity index (χ0) is 14.5. The van der Waals surface area contributed by atoms with Crippen LogP contribution in [0.5, 0.6) is 5.75 Å². The predicted molar refractivity (Wildman–Crippen MR) is 84.4 cm³/mol. The van der Waals surface area contributed by atoms with Gasteiger partial charge in [-0.15, -0.1) is 0 Å². The van der Waals surface area contributed by atoms with Crippen LogP contribution >= 0.6 is 0 Å². The van der Waals surface area contributed by atoms with Gasteiger partial charge in [-0.25, -0.2) is 0 Å². The average molecular weight is 269 g/mol. The monoisotopic (exact) mass is 269 g/mol. The second kappa shape index (κ2) is 6.58. The van der Waals surface area contributed by atoms with Crippen LogP contribution in [0.3, 0.4) is 0 Å². The summed E-state index contributed by atoms with van der Waals surface area (Å²) in [6.07, 6.45) is 0. The fourth-order valence-corrected chi connectivity index (χ4v) is 2.69. The van der Waals surface area contributed by atoms with Gasteiger partial charge in [-0.05, 0) is 32.0 Å². The molecule has 0 heterocycles. The van der Waals surface area contributed by atoms with E-state index in [4.69, 9.17) is 4.74 Å². The molecule has 0 saturated heterocycles. The second-order valence-electron chi connectivity index (χ2n) is 5.15. The molecule has 0 fully saturated rings. The van der Waals surface area contributed by atoms with Crippen LogP contribution in [-0.2, 0) is 0 Å². The molecular formula is C18H23NO. The molecule has 1 unspecified atom stereocenters. The van der Waals surface area contributed by atoms with Crippen LogP contribution in [0.25, 0.3) is 0 Å². The Balaban J connectivity index is 2.50. The summed E-state index contributed by atoms with van der Waals surface area (Å²) < 4.78 is 5.51. The van der Waals surface area contributed by atoms with Crippen molar-refractivity contribution in [3.63, 3.8) is 0 Å². The SMILES string of the molecule is CCNC(c1cc(C)cc(C)c1)c1ccccc1OC. The quantitative estimate of drug-likeness (QED) is 0.885. The van der Waals surface area contributed by atoms with Gasteiger partial charge >= 0.3 is 0 Å². The van der Waals surface area contributed by atoms with Gasteiger partial charge in [0.15, 0.2) is 0 Å². The van der Waals surface area contributed by atoms with Gasteiger partial charge < -0.3 is 10.1 Å². The highest BCUT2D eigenvalue weighted by Crippen LogP contribution is 2.30. The number of methoxy groups -OCH3 is 1. The lowest BCUT2D eigenvalue weighted by Gasteiger charge is -2.22. The van der Waals surface area contributed by atoms with Crippen molar-refractivity contribution in [3.8, 4) is 5.75 Å². The van der Waals surface area contributed by atoms with E-state index in [1.54, 1.807) is 7.11 Å². The Bertz CT molecular complexity index is 557. The lowest BCUT2D eigenvalue weighted by atomic mass is 9.95. The number of benzene rings is 2. The first-order valence-corrected chi connectivity index (χ1v) is 7.10. The Hall–Kier alpha value is -1.80. The first-order chi connectivity index (χ1) is 9.65. The summed E-state index contributed by atoms with van der Waals surface area (Å²) in [6.45, 7) is 7.32. The van der Waals surface area contributed by atoms with Crippen molar-refractivity contribution in [2.24, 2.45) is 0 Å². The molecule has 0 bridgehead atoms. The van der Waals surface area contributed by atoms with Crippen LogP contribution in [0.15, 0.2) is 42.5 Å². The van der Waals surface area contributed by atoms with E-state index in [-0.39, 0.29) is 6.04 Å². The molecule has 0 aliphatic carbocycles. The summed E-state index contributed by atoms with van der Waals surface area (Å²) in [6, 6.07) is 15.1. The Morgan fingerprint density at radius 2 is 1.70 bits per heavy atom. The number of para-hydroxylation sites is 1. The van der Waals surface area contributed by atoms with Crippen LogP contribution in [0.1, 0.15) is 35.2 Å². The molecule has 2 heteroatoms. The molecule has 2 aromatic carbocycles. The largest absolute Gasteiger partial charge is 0.496 e. The molecular weight excluding hydrogens is 246 g/mol. The molecule has 0 aliphatic heterocycles. The molecule has 106 valence electrons. The molecule has 0 spiro atoms. The lowest BCUT2D eigenvalue weighted by molar-refractivity contribution is 0.404. The first kappa shape index (κ1) is 14.6. The summed E-state index contributed by atoms with van der Waals surface area (Å²) in [5.41, 5.74) is 5.05. The molecule has 0 aromatic heterocycles. The Morgan fingerprint density at radius 3 is 2.30 bits per heavy atom. The molecule has 2 aromatic rings. The van der Waals surface area contributed by atoms with E-state index in [9.17, 15) is 0 Å². The molecule has 2 rings (SSSR count). The average Bonchev–Trinajstić information content (AvgIpc) is 2.43. The van der Waals surface area contributed by atoms with Crippen LogP contribution in [0.2, 0.25) is 0 Å². The zero-order valence-electron chi connectivity index (χ0n) is 12.7. The van der Waals surface area contributed by atoms with Gasteiger partial charge in [-0.1, -0.05) is 54.4 Å². The van der Waals surface area contributed by atoms with Gasteiger partial charge in [-0.3, -0.25) is 0 Å². The number of ether oxygens (including phenoxy) is 1. The van der Waals surface area contributed by atoms with Gasteiger partial charge in [0.1, 0.15) is 5.75 Å². The highest BCUT2D eigenvalue weighted by Gasteiger charge is 2.17. The molecule has 0 aliphatic rings. The summed E-state index contributed by atoms with van der Waals surface area (Å²) in [5.74, 6) is 0.928. The van der Waals surface area contributed by atoms with E-state index in [0.29, 0.717) is 0 Å². The molecule has 1 N–H and O–H groups in total.